The highest BCUT2D eigenvalue weighted by Gasteiger charge is 2.15. The van der Waals surface area contributed by atoms with Gasteiger partial charge in [0.1, 0.15) is 5.75 Å². The largest absolute Gasteiger partial charge is 0.496 e. The molecule has 0 bridgehead atoms. The van der Waals surface area contributed by atoms with Crippen LogP contribution in [0, 0.1) is 5.92 Å². The number of methoxy groups -OCH3 is 1. The second-order valence-electron chi connectivity index (χ2n) is 5.17. The monoisotopic (exact) mass is 258 g/mol. The van der Waals surface area contributed by atoms with E-state index >= 15 is 0 Å². The van der Waals surface area contributed by atoms with E-state index < -0.39 is 6.10 Å². The van der Waals surface area contributed by atoms with Crippen LogP contribution in [0.3, 0.4) is 0 Å². The molecule has 2 nitrogen and oxygen atoms in total. The summed E-state index contributed by atoms with van der Waals surface area (Å²) in [5.41, 5.74) is 0.997. The van der Waals surface area contributed by atoms with Gasteiger partial charge in [0.05, 0.1) is 13.2 Å². The van der Waals surface area contributed by atoms with Gasteiger partial charge >= 0.3 is 0 Å². The van der Waals surface area contributed by atoms with Crippen molar-refractivity contribution in [2.24, 2.45) is 5.92 Å². The van der Waals surface area contributed by atoms with Gasteiger partial charge in [-0.25, -0.2) is 0 Å². The molecule has 0 radical (unpaired) electrons. The quantitative estimate of drug-likeness (QED) is 0.865. The van der Waals surface area contributed by atoms with Crippen LogP contribution in [0.4, 0.5) is 0 Å². The third-order valence-corrected chi connectivity index (χ3v) is 3.82. The number of aliphatic hydroxyl groups excluding tert-OH is 1. The van der Waals surface area contributed by atoms with Crippen LogP contribution in [-0.4, -0.2) is 12.2 Å². The molecule has 0 aromatic heterocycles. The first-order valence-corrected chi connectivity index (χ1v) is 6.91. The zero-order chi connectivity index (χ0) is 13.8. The van der Waals surface area contributed by atoms with Crippen molar-refractivity contribution < 1.29 is 9.84 Å². The van der Waals surface area contributed by atoms with Crippen LogP contribution in [0.1, 0.15) is 38.4 Å². The van der Waals surface area contributed by atoms with E-state index in [1.807, 2.05) is 36.4 Å². The van der Waals surface area contributed by atoms with Gasteiger partial charge in [0, 0.05) is 5.39 Å². The van der Waals surface area contributed by atoms with Gasteiger partial charge in [-0.15, -0.1) is 0 Å². The Morgan fingerprint density at radius 3 is 2.42 bits per heavy atom. The molecule has 2 aromatic carbocycles. The predicted octanol–water partition coefficient (Wildman–Crippen LogP) is 4.32. The summed E-state index contributed by atoms with van der Waals surface area (Å²) in [5.74, 6) is 1.38. The van der Waals surface area contributed by atoms with Crippen LogP contribution in [0.15, 0.2) is 36.4 Å². The molecule has 1 N–H and O–H groups in total. The lowest BCUT2D eigenvalue weighted by Crippen LogP contribution is -2.04. The third kappa shape index (κ3) is 2.90. The number of aliphatic hydroxyl groups is 1. The van der Waals surface area contributed by atoms with E-state index in [1.54, 1.807) is 7.11 Å². The summed E-state index contributed by atoms with van der Waals surface area (Å²) >= 11 is 0. The fourth-order valence-corrected chi connectivity index (χ4v) is 2.44. The average molecular weight is 258 g/mol. The minimum atomic E-state index is -0.411. The van der Waals surface area contributed by atoms with E-state index in [1.165, 1.54) is 0 Å². The van der Waals surface area contributed by atoms with Crippen molar-refractivity contribution in [3.63, 3.8) is 0 Å². The first-order valence-electron chi connectivity index (χ1n) is 6.91. The summed E-state index contributed by atoms with van der Waals surface area (Å²) in [6.45, 7) is 4.33. The molecule has 0 saturated carbocycles. The number of ether oxygens (including phenoxy) is 1. The van der Waals surface area contributed by atoms with Crippen molar-refractivity contribution in [2.75, 3.05) is 7.11 Å². The molecular formula is C17H22O2. The Balaban J connectivity index is 2.44. The van der Waals surface area contributed by atoms with Gasteiger partial charge in [0.15, 0.2) is 0 Å². The summed E-state index contributed by atoms with van der Waals surface area (Å²) in [5, 5.41) is 12.6. The van der Waals surface area contributed by atoms with Crippen LogP contribution >= 0.6 is 0 Å². The van der Waals surface area contributed by atoms with Gasteiger partial charge in [0.25, 0.3) is 0 Å². The minimum Gasteiger partial charge on any atom is -0.496 e. The Morgan fingerprint density at radius 2 is 1.79 bits per heavy atom. The van der Waals surface area contributed by atoms with E-state index in [4.69, 9.17) is 4.74 Å². The molecule has 102 valence electrons. The summed E-state index contributed by atoms with van der Waals surface area (Å²) in [6, 6.07) is 12.0. The highest BCUT2D eigenvalue weighted by Crippen LogP contribution is 2.33. The number of benzene rings is 2. The molecule has 0 aliphatic carbocycles. The molecule has 2 rings (SSSR count). The third-order valence-electron chi connectivity index (χ3n) is 3.82. The van der Waals surface area contributed by atoms with Crippen LogP contribution in [0.2, 0.25) is 0 Å². The standard InChI is InChI=1S/C17H22O2/c1-4-12(2)11-16(18)14-9-10-17(19-3)15-8-6-5-7-13(14)15/h5-10,12,16,18H,4,11H2,1-3H3. The Morgan fingerprint density at radius 1 is 1.11 bits per heavy atom. The fraction of sp³-hybridized carbons (Fsp3) is 0.412. The zero-order valence-corrected chi connectivity index (χ0v) is 11.9. The summed E-state index contributed by atoms with van der Waals surface area (Å²) in [4.78, 5) is 0. The van der Waals surface area contributed by atoms with E-state index in [0.717, 1.165) is 34.9 Å². The van der Waals surface area contributed by atoms with Crippen molar-refractivity contribution in [2.45, 2.75) is 32.8 Å². The maximum atomic E-state index is 10.4. The SMILES string of the molecule is CCC(C)CC(O)c1ccc(OC)c2ccccc12. The Bertz CT molecular complexity index is 548. The maximum absolute atomic E-state index is 10.4. The molecule has 0 fully saturated rings. The Kier molecular flexibility index (Phi) is 4.43. The molecule has 2 heteroatoms. The van der Waals surface area contributed by atoms with Crippen molar-refractivity contribution in [3.05, 3.63) is 42.0 Å². The van der Waals surface area contributed by atoms with Gasteiger partial charge in [-0.1, -0.05) is 50.6 Å². The molecule has 0 aliphatic heterocycles. The lowest BCUT2D eigenvalue weighted by Gasteiger charge is -2.18. The molecule has 19 heavy (non-hydrogen) atoms. The number of hydrogen-bond donors (Lipinski definition) is 1. The lowest BCUT2D eigenvalue weighted by atomic mass is 9.93. The molecular weight excluding hydrogens is 236 g/mol. The fourth-order valence-electron chi connectivity index (χ4n) is 2.44. The van der Waals surface area contributed by atoms with E-state index in [9.17, 15) is 5.11 Å². The van der Waals surface area contributed by atoms with Gasteiger partial charge < -0.3 is 9.84 Å². The van der Waals surface area contributed by atoms with Crippen LogP contribution in [0.25, 0.3) is 10.8 Å². The Hall–Kier alpha value is -1.54. The highest BCUT2D eigenvalue weighted by atomic mass is 16.5. The van der Waals surface area contributed by atoms with Gasteiger partial charge in [-0.05, 0) is 29.4 Å². The molecule has 0 amide bonds. The summed E-state index contributed by atoms with van der Waals surface area (Å²) in [6.07, 6.45) is 1.48. The maximum Gasteiger partial charge on any atom is 0.126 e. The molecule has 2 atom stereocenters. The second-order valence-corrected chi connectivity index (χ2v) is 5.17. The minimum absolute atomic E-state index is 0.411. The smallest absolute Gasteiger partial charge is 0.126 e. The van der Waals surface area contributed by atoms with Crippen LogP contribution in [0.5, 0.6) is 5.75 Å². The molecule has 2 unspecified atom stereocenters. The van der Waals surface area contributed by atoms with Crippen LogP contribution < -0.4 is 4.74 Å². The van der Waals surface area contributed by atoms with Crippen LogP contribution in [-0.2, 0) is 0 Å². The zero-order valence-electron chi connectivity index (χ0n) is 11.9. The molecule has 0 heterocycles. The average Bonchev–Trinajstić information content (AvgIpc) is 2.45. The van der Waals surface area contributed by atoms with E-state index in [0.29, 0.717) is 5.92 Å². The normalized spacial score (nSPS) is 14.3. The lowest BCUT2D eigenvalue weighted by molar-refractivity contribution is 0.148. The van der Waals surface area contributed by atoms with Gasteiger partial charge in [-0.2, -0.15) is 0 Å². The topological polar surface area (TPSA) is 29.5 Å². The molecule has 0 aliphatic rings. The van der Waals surface area contributed by atoms with Crippen molar-refractivity contribution in [1.29, 1.82) is 0 Å². The second kappa shape index (κ2) is 6.07. The number of rotatable bonds is 5. The van der Waals surface area contributed by atoms with Crippen molar-refractivity contribution >= 4 is 10.8 Å². The van der Waals surface area contributed by atoms with Crippen molar-refractivity contribution in [1.82, 2.24) is 0 Å². The highest BCUT2D eigenvalue weighted by molar-refractivity contribution is 5.91. The molecule has 2 aromatic rings. The van der Waals surface area contributed by atoms with E-state index in [-0.39, 0.29) is 0 Å². The van der Waals surface area contributed by atoms with Gasteiger partial charge in [0.2, 0.25) is 0 Å². The Labute approximate surface area is 115 Å². The molecule has 0 spiro atoms. The first kappa shape index (κ1) is 13.9. The summed E-state index contributed by atoms with van der Waals surface area (Å²) < 4.78 is 5.38. The van der Waals surface area contributed by atoms with Gasteiger partial charge in [-0.3, -0.25) is 0 Å². The molecule has 0 saturated heterocycles. The van der Waals surface area contributed by atoms with Crippen molar-refractivity contribution in [3.8, 4) is 5.75 Å². The number of fused-ring (bicyclic) bond motifs is 1. The predicted molar refractivity (Wildman–Crippen MR) is 79.5 cm³/mol. The first-order chi connectivity index (χ1) is 9.17. The summed E-state index contributed by atoms with van der Waals surface area (Å²) in [7, 11) is 1.68. The van der Waals surface area contributed by atoms with E-state index in [2.05, 4.69) is 13.8 Å². The number of hydrogen-bond acceptors (Lipinski definition) is 2.